The van der Waals surface area contributed by atoms with Crippen LogP contribution >= 0.6 is 0 Å². The fourth-order valence-electron chi connectivity index (χ4n) is 6.64. The van der Waals surface area contributed by atoms with Gasteiger partial charge in [0.05, 0.1) is 13.2 Å². The zero-order valence-electron chi connectivity index (χ0n) is 32.0. The van der Waals surface area contributed by atoms with Gasteiger partial charge in [-0.1, -0.05) is 62.3 Å². The molecule has 3 aliphatic heterocycles. The first kappa shape index (κ1) is 41.0. The molecule has 2 atom stereocenters. The summed E-state index contributed by atoms with van der Waals surface area (Å²) < 4.78 is 25.5. The fraction of sp³-hybridized carbons (Fsp3) is 0.974. The molecule has 4 rings (SSSR count). The second-order valence-corrected chi connectivity index (χ2v) is 21.0. The maximum atomic E-state index is 11.9. The van der Waals surface area contributed by atoms with Crippen LogP contribution in [0.4, 0.5) is 0 Å². The first-order chi connectivity index (χ1) is 20.6. The summed E-state index contributed by atoms with van der Waals surface area (Å²) in [4.78, 5) is 5.00. The smallest absolute Gasteiger partial charge is 0.168 e. The summed E-state index contributed by atoms with van der Waals surface area (Å²) in [6, 6.07) is 0. The molecule has 0 amide bonds. The molecule has 1 aliphatic carbocycles. The molecule has 1 spiro atoms. The number of piperazine rings is 1. The number of likely N-dealkylation sites (N-methyl/N-ethyl adjacent to an activating group) is 1. The zero-order chi connectivity index (χ0) is 33.9. The van der Waals surface area contributed by atoms with Gasteiger partial charge in [0.1, 0.15) is 0 Å². The van der Waals surface area contributed by atoms with E-state index in [2.05, 4.69) is 89.3 Å². The summed E-state index contributed by atoms with van der Waals surface area (Å²) in [5.74, 6) is 5.24. The third kappa shape index (κ3) is 18.2. The SMILES string of the molecule is C=S(C)(=O)N1CCCC(CCC(C)(C)C)C1.CC(C)(C)CCC1CCC2(CC1)OCCO2.CN1CCN(CCC(C)(C)C)CC1. The molecule has 0 N–H and O–H groups in total. The Morgan fingerprint density at radius 3 is 1.69 bits per heavy atom. The Kier molecular flexibility index (Phi) is 16.4. The third-order valence-corrected chi connectivity index (χ3v) is 11.5. The van der Waals surface area contributed by atoms with Crippen LogP contribution in [-0.2, 0) is 19.2 Å². The minimum absolute atomic E-state index is 0.168. The van der Waals surface area contributed by atoms with Crippen LogP contribution in [0.1, 0.15) is 133 Å². The highest BCUT2D eigenvalue weighted by Crippen LogP contribution is 2.40. The number of nitrogens with zero attached hydrogens (tertiary/aromatic N) is 3. The lowest BCUT2D eigenvalue weighted by atomic mass is 9.79. The van der Waals surface area contributed by atoms with Crippen LogP contribution < -0.4 is 0 Å². The van der Waals surface area contributed by atoms with E-state index in [0.29, 0.717) is 16.2 Å². The summed E-state index contributed by atoms with van der Waals surface area (Å²) in [6.45, 7) is 30.6. The Morgan fingerprint density at radius 1 is 0.733 bits per heavy atom. The van der Waals surface area contributed by atoms with Crippen LogP contribution in [0.3, 0.4) is 0 Å². The normalized spacial score (nSPS) is 25.6. The highest BCUT2D eigenvalue weighted by molar-refractivity contribution is 7.97. The molecule has 0 aromatic rings. The minimum Gasteiger partial charge on any atom is -0.348 e. The lowest BCUT2D eigenvalue weighted by molar-refractivity contribution is -0.182. The van der Waals surface area contributed by atoms with Gasteiger partial charge in [-0.05, 0) is 105 Å². The van der Waals surface area contributed by atoms with Gasteiger partial charge >= 0.3 is 0 Å². The van der Waals surface area contributed by atoms with Crippen LogP contribution in [0.15, 0.2) is 0 Å². The van der Waals surface area contributed by atoms with Crippen LogP contribution in [0.5, 0.6) is 0 Å². The van der Waals surface area contributed by atoms with Gasteiger partial charge < -0.3 is 19.3 Å². The molecular formula is C38H77N3O3S. The number of rotatable bonds is 7. The predicted molar refractivity (Wildman–Crippen MR) is 197 cm³/mol. The van der Waals surface area contributed by atoms with Gasteiger partial charge in [-0.3, -0.25) is 4.21 Å². The van der Waals surface area contributed by atoms with Gasteiger partial charge in [0.15, 0.2) is 5.79 Å². The highest BCUT2D eigenvalue weighted by Gasteiger charge is 2.40. The molecule has 0 aromatic carbocycles. The molecule has 4 aliphatic rings. The van der Waals surface area contributed by atoms with E-state index in [9.17, 15) is 4.21 Å². The molecule has 268 valence electrons. The second-order valence-electron chi connectivity index (χ2n) is 18.6. The summed E-state index contributed by atoms with van der Waals surface area (Å²) in [5, 5.41) is 0. The lowest BCUT2D eigenvalue weighted by Gasteiger charge is -2.36. The molecule has 3 saturated heterocycles. The zero-order valence-corrected chi connectivity index (χ0v) is 32.8. The monoisotopic (exact) mass is 656 g/mol. The summed E-state index contributed by atoms with van der Waals surface area (Å²) in [6.07, 6.45) is 15.6. The number of hydrogen-bond acceptors (Lipinski definition) is 5. The molecule has 0 radical (unpaired) electrons. The van der Waals surface area contributed by atoms with Crippen molar-refractivity contribution in [3.8, 4) is 0 Å². The van der Waals surface area contributed by atoms with Gasteiger partial charge in [-0.2, -0.15) is 0 Å². The van der Waals surface area contributed by atoms with E-state index in [1.165, 1.54) is 90.5 Å². The quantitative estimate of drug-likeness (QED) is 0.259. The Morgan fingerprint density at radius 2 is 1.22 bits per heavy atom. The first-order valence-corrected chi connectivity index (χ1v) is 20.5. The molecule has 1 saturated carbocycles. The molecule has 2 unspecified atom stereocenters. The van der Waals surface area contributed by atoms with Crippen molar-refractivity contribution in [2.24, 2.45) is 28.1 Å². The van der Waals surface area contributed by atoms with Crippen molar-refractivity contribution in [1.82, 2.24) is 14.1 Å². The average molecular weight is 656 g/mol. The Labute approximate surface area is 281 Å². The van der Waals surface area contributed by atoms with Crippen molar-refractivity contribution in [2.75, 3.05) is 72.3 Å². The van der Waals surface area contributed by atoms with Crippen molar-refractivity contribution in [3.05, 3.63) is 0 Å². The van der Waals surface area contributed by atoms with Crippen LogP contribution in [0.2, 0.25) is 0 Å². The van der Waals surface area contributed by atoms with Crippen molar-refractivity contribution >= 4 is 15.6 Å². The summed E-state index contributed by atoms with van der Waals surface area (Å²) in [5.41, 5.74) is 1.39. The van der Waals surface area contributed by atoms with Crippen molar-refractivity contribution in [3.63, 3.8) is 0 Å². The molecule has 0 aromatic heterocycles. The van der Waals surface area contributed by atoms with Gasteiger partial charge in [0.2, 0.25) is 0 Å². The Bertz CT molecular complexity index is 907. The summed E-state index contributed by atoms with van der Waals surface area (Å²) >= 11 is 0. The van der Waals surface area contributed by atoms with E-state index < -0.39 is 9.71 Å². The van der Waals surface area contributed by atoms with Crippen molar-refractivity contribution < 1.29 is 13.7 Å². The number of piperidine rings is 1. The van der Waals surface area contributed by atoms with E-state index in [1.807, 2.05) is 0 Å². The molecule has 3 heterocycles. The molecule has 6 nitrogen and oxygen atoms in total. The predicted octanol–water partition coefficient (Wildman–Crippen LogP) is 8.20. The minimum atomic E-state index is -1.98. The van der Waals surface area contributed by atoms with Gasteiger partial charge in [0, 0.05) is 68.1 Å². The fourth-order valence-corrected chi connectivity index (χ4v) is 7.69. The van der Waals surface area contributed by atoms with E-state index in [1.54, 1.807) is 6.26 Å². The van der Waals surface area contributed by atoms with E-state index in [-0.39, 0.29) is 5.79 Å². The van der Waals surface area contributed by atoms with Crippen molar-refractivity contribution in [2.45, 2.75) is 139 Å². The highest BCUT2D eigenvalue weighted by atomic mass is 32.2. The van der Waals surface area contributed by atoms with Crippen LogP contribution in [0.25, 0.3) is 0 Å². The first-order valence-electron chi connectivity index (χ1n) is 18.4. The molecule has 4 fully saturated rings. The van der Waals surface area contributed by atoms with E-state index >= 15 is 0 Å². The maximum absolute atomic E-state index is 11.9. The lowest BCUT2D eigenvalue weighted by Crippen LogP contribution is -2.45. The van der Waals surface area contributed by atoms with Gasteiger partial charge in [0.25, 0.3) is 0 Å². The van der Waals surface area contributed by atoms with Crippen LogP contribution in [0, 0.1) is 28.1 Å². The topological polar surface area (TPSA) is 45.3 Å². The van der Waals surface area contributed by atoms with Gasteiger partial charge in [-0.25, -0.2) is 4.31 Å². The second kappa shape index (κ2) is 18.0. The van der Waals surface area contributed by atoms with E-state index in [4.69, 9.17) is 9.47 Å². The summed E-state index contributed by atoms with van der Waals surface area (Å²) in [7, 11) is 0.230. The van der Waals surface area contributed by atoms with Gasteiger partial charge in [-0.15, -0.1) is 0 Å². The molecule has 7 heteroatoms. The molecular weight excluding hydrogens is 579 g/mol. The number of hydrogen-bond donors (Lipinski definition) is 0. The Balaban J connectivity index is 0.000000237. The Hall–Kier alpha value is -0.180. The molecule has 45 heavy (non-hydrogen) atoms. The number of ether oxygens (including phenoxy) is 2. The third-order valence-electron chi connectivity index (χ3n) is 10.1. The van der Waals surface area contributed by atoms with Crippen LogP contribution in [-0.4, -0.2) is 102 Å². The standard InChI is InChI=1S/C14H26O2.C13H27NOS.C11H24N2/c1-13(2,3)7-4-12-5-8-14(9-6-12)15-10-11-16-14;1-13(2,3)9-8-12-7-6-10-14(11-12)16(4,5)15;1-11(2,3)5-6-13-9-7-12(4)8-10-13/h12H,4-11H2,1-3H3;12H,4,6-11H2,1-3,5H3;5-10H2,1-4H3. The van der Waals surface area contributed by atoms with E-state index in [0.717, 1.165) is 51.0 Å². The molecule has 0 bridgehead atoms. The maximum Gasteiger partial charge on any atom is 0.168 e. The largest absolute Gasteiger partial charge is 0.348 e. The van der Waals surface area contributed by atoms with Crippen molar-refractivity contribution in [1.29, 1.82) is 0 Å². The average Bonchev–Trinajstić information content (AvgIpc) is 3.38.